The van der Waals surface area contributed by atoms with Crippen molar-refractivity contribution in [2.24, 2.45) is 0 Å². The lowest BCUT2D eigenvalue weighted by Crippen LogP contribution is -2.56. The molecular weight excluding hydrogens is 256 g/mol. The second-order valence-electron chi connectivity index (χ2n) is 6.51. The molecule has 0 atom stereocenters. The number of hydrogen-bond acceptors (Lipinski definition) is 2. The first-order chi connectivity index (χ1) is 9.27. The summed E-state index contributed by atoms with van der Waals surface area (Å²) in [7, 11) is 0. The highest BCUT2D eigenvalue weighted by Crippen LogP contribution is 2.25. The topological polar surface area (TPSA) is 60.9 Å². The molecule has 0 aromatic rings. The van der Waals surface area contributed by atoms with Crippen molar-refractivity contribution in [2.75, 3.05) is 13.1 Å². The number of rotatable bonds is 4. The van der Waals surface area contributed by atoms with E-state index in [0.29, 0.717) is 6.54 Å². The third kappa shape index (κ3) is 4.39. The Hall–Kier alpha value is -1.26. The summed E-state index contributed by atoms with van der Waals surface area (Å²) in [6, 6.07) is 0.120. The van der Waals surface area contributed by atoms with Crippen LogP contribution in [0.3, 0.4) is 0 Å². The largest absolute Gasteiger partial charge is 0.480 e. The highest BCUT2D eigenvalue weighted by molar-refractivity contribution is 5.81. The Kier molecular flexibility index (Phi) is 5.84. The minimum atomic E-state index is -0.965. The molecule has 0 bridgehead atoms. The van der Waals surface area contributed by atoms with Crippen LogP contribution in [0.5, 0.6) is 0 Å². The molecule has 0 saturated heterocycles. The van der Waals surface area contributed by atoms with E-state index >= 15 is 0 Å². The molecule has 116 valence electrons. The summed E-state index contributed by atoms with van der Waals surface area (Å²) in [5.74, 6) is -0.965. The maximum Gasteiger partial charge on any atom is 0.323 e. The fourth-order valence-electron chi connectivity index (χ4n) is 2.82. The van der Waals surface area contributed by atoms with Crippen LogP contribution in [0.1, 0.15) is 59.8 Å². The van der Waals surface area contributed by atoms with Crippen LogP contribution in [0.4, 0.5) is 4.79 Å². The molecule has 0 unspecified atom stereocenters. The molecule has 1 N–H and O–H groups in total. The van der Waals surface area contributed by atoms with Crippen LogP contribution in [-0.4, -0.2) is 51.6 Å². The second-order valence-corrected chi connectivity index (χ2v) is 6.51. The van der Waals surface area contributed by atoms with Gasteiger partial charge in [0, 0.05) is 18.1 Å². The van der Waals surface area contributed by atoms with Crippen LogP contribution in [0.2, 0.25) is 0 Å². The van der Waals surface area contributed by atoms with Gasteiger partial charge in [0.1, 0.15) is 6.54 Å². The number of urea groups is 1. The number of carboxylic acid groups (broad SMARTS) is 1. The van der Waals surface area contributed by atoms with E-state index in [1.165, 1.54) is 11.3 Å². The predicted octanol–water partition coefficient (Wildman–Crippen LogP) is 2.95. The van der Waals surface area contributed by atoms with Crippen molar-refractivity contribution in [3.05, 3.63) is 0 Å². The van der Waals surface area contributed by atoms with Gasteiger partial charge in [-0.15, -0.1) is 0 Å². The highest BCUT2D eigenvalue weighted by atomic mass is 16.4. The van der Waals surface area contributed by atoms with Gasteiger partial charge in [0.15, 0.2) is 0 Å². The molecule has 0 aromatic heterocycles. The molecule has 0 radical (unpaired) electrons. The standard InChI is InChI=1S/C15H28N2O3/c1-5-16(12-9-7-6-8-10-12)14(20)17(11-13(18)19)15(2,3)4/h12H,5-11H2,1-4H3,(H,18,19). The van der Waals surface area contributed by atoms with Gasteiger partial charge >= 0.3 is 12.0 Å². The number of nitrogens with zero attached hydrogens (tertiary/aromatic N) is 2. The predicted molar refractivity (Wildman–Crippen MR) is 78.7 cm³/mol. The number of carbonyl (C=O) groups is 2. The summed E-state index contributed by atoms with van der Waals surface area (Å²) in [5, 5.41) is 9.05. The Morgan fingerprint density at radius 3 is 2.10 bits per heavy atom. The van der Waals surface area contributed by atoms with Gasteiger partial charge in [-0.1, -0.05) is 19.3 Å². The molecular formula is C15H28N2O3. The Labute approximate surface area is 121 Å². The summed E-state index contributed by atoms with van der Waals surface area (Å²) >= 11 is 0. The van der Waals surface area contributed by atoms with Gasteiger partial charge in [-0.25, -0.2) is 4.79 Å². The summed E-state index contributed by atoms with van der Waals surface area (Å²) < 4.78 is 0. The van der Waals surface area contributed by atoms with Crippen molar-refractivity contribution in [3.8, 4) is 0 Å². The molecule has 1 rings (SSSR count). The van der Waals surface area contributed by atoms with Crippen LogP contribution in [0.25, 0.3) is 0 Å². The molecule has 20 heavy (non-hydrogen) atoms. The zero-order valence-corrected chi connectivity index (χ0v) is 13.2. The van der Waals surface area contributed by atoms with E-state index < -0.39 is 11.5 Å². The van der Waals surface area contributed by atoms with Crippen LogP contribution in [0.15, 0.2) is 0 Å². The van der Waals surface area contributed by atoms with Gasteiger partial charge < -0.3 is 14.9 Å². The molecule has 1 aliphatic rings. The Morgan fingerprint density at radius 1 is 1.15 bits per heavy atom. The number of carbonyl (C=O) groups excluding carboxylic acids is 1. The third-order valence-electron chi connectivity index (χ3n) is 3.94. The van der Waals surface area contributed by atoms with Crippen molar-refractivity contribution in [1.82, 2.24) is 9.80 Å². The monoisotopic (exact) mass is 284 g/mol. The van der Waals surface area contributed by atoms with Gasteiger partial charge in [-0.3, -0.25) is 4.79 Å². The second kappa shape index (κ2) is 6.95. The Balaban J connectivity index is 2.86. The van der Waals surface area contributed by atoms with Crippen LogP contribution in [-0.2, 0) is 4.79 Å². The zero-order chi connectivity index (χ0) is 15.3. The molecule has 5 nitrogen and oxygen atoms in total. The van der Waals surface area contributed by atoms with E-state index in [0.717, 1.165) is 25.7 Å². The third-order valence-corrected chi connectivity index (χ3v) is 3.94. The molecule has 0 aromatic carbocycles. The molecule has 5 heteroatoms. The lowest BCUT2D eigenvalue weighted by molar-refractivity contribution is -0.138. The number of amides is 2. The lowest BCUT2D eigenvalue weighted by atomic mass is 9.94. The van der Waals surface area contributed by atoms with Crippen LogP contribution >= 0.6 is 0 Å². The van der Waals surface area contributed by atoms with Gasteiger partial charge in [0.25, 0.3) is 0 Å². The van der Waals surface area contributed by atoms with E-state index in [9.17, 15) is 9.59 Å². The first kappa shape index (κ1) is 16.8. The van der Waals surface area contributed by atoms with E-state index in [1.807, 2.05) is 32.6 Å². The molecule has 0 heterocycles. The minimum Gasteiger partial charge on any atom is -0.480 e. The van der Waals surface area contributed by atoms with Crippen LogP contribution < -0.4 is 0 Å². The minimum absolute atomic E-state index is 0.144. The van der Waals surface area contributed by atoms with E-state index in [4.69, 9.17) is 5.11 Å². The smallest absolute Gasteiger partial charge is 0.323 e. The molecule has 1 aliphatic carbocycles. The molecule has 1 fully saturated rings. The average Bonchev–Trinajstić information content (AvgIpc) is 2.36. The van der Waals surface area contributed by atoms with Crippen molar-refractivity contribution >= 4 is 12.0 Å². The number of hydrogen-bond donors (Lipinski definition) is 1. The van der Waals surface area contributed by atoms with Gasteiger partial charge in [-0.2, -0.15) is 0 Å². The van der Waals surface area contributed by atoms with Crippen molar-refractivity contribution < 1.29 is 14.7 Å². The zero-order valence-electron chi connectivity index (χ0n) is 13.2. The molecule has 1 saturated carbocycles. The van der Waals surface area contributed by atoms with Gasteiger partial charge in [0.2, 0.25) is 0 Å². The maximum absolute atomic E-state index is 12.7. The van der Waals surface area contributed by atoms with Crippen LogP contribution in [0, 0.1) is 0 Å². The average molecular weight is 284 g/mol. The molecule has 0 aliphatic heterocycles. The van der Waals surface area contributed by atoms with Crippen molar-refractivity contribution in [2.45, 2.75) is 71.4 Å². The summed E-state index contributed by atoms with van der Waals surface area (Å²) in [6.07, 6.45) is 5.61. The first-order valence-corrected chi connectivity index (χ1v) is 7.57. The molecule has 2 amide bonds. The Bertz CT molecular complexity index is 344. The van der Waals surface area contributed by atoms with Gasteiger partial charge in [-0.05, 0) is 40.5 Å². The quantitative estimate of drug-likeness (QED) is 0.863. The van der Waals surface area contributed by atoms with Crippen molar-refractivity contribution in [3.63, 3.8) is 0 Å². The SMILES string of the molecule is CCN(C(=O)N(CC(=O)O)C(C)(C)C)C1CCCCC1. The van der Waals surface area contributed by atoms with Gasteiger partial charge in [0.05, 0.1) is 0 Å². The summed E-state index contributed by atoms with van der Waals surface area (Å²) in [6.45, 7) is 7.99. The van der Waals surface area contributed by atoms with E-state index in [-0.39, 0.29) is 18.6 Å². The lowest BCUT2D eigenvalue weighted by Gasteiger charge is -2.41. The fourth-order valence-corrected chi connectivity index (χ4v) is 2.82. The molecule has 0 spiro atoms. The highest BCUT2D eigenvalue weighted by Gasteiger charge is 2.34. The van der Waals surface area contributed by atoms with Crippen molar-refractivity contribution in [1.29, 1.82) is 0 Å². The number of aliphatic carboxylic acids is 1. The van der Waals surface area contributed by atoms with E-state index in [2.05, 4.69) is 0 Å². The normalized spacial score (nSPS) is 16.8. The Morgan fingerprint density at radius 2 is 1.70 bits per heavy atom. The first-order valence-electron chi connectivity index (χ1n) is 7.57. The summed E-state index contributed by atoms with van der Waals surface area (Å²) in [5.41, 5.74) is -0.489. The van der Waals surface area contributed by atoms with E-state index in [1.54, 1.807) is 0 Å². The maximum atomic E-state index is 12.7. The fraction of sp³-hybridized carbons (Fsp3) is 0.867. The summed E-state index contributed by atoms with van der Waals surface area (Å²) in [4.78, 5) is 27.1. The number of carboxylic acids is 1.